The molecule has 0 unspecified atom stereocenters. The van der Waals surface area contributed by atoms with Gasteiger partial charge in [0.25, 0.3) is 5.91 Å². The monoisotopic (exact) mass is 415 g/mol. The van der Waals surface area contributed by atoms with Gasteiger partial charge in [0.05, 0.1) is 4.90 Å². The smallest absolute Gasteiger partial charge is 0.251 e. The zero-order chi connectivity index (χ0) is 21.0. The Balaban J connectivity index is 1.65. The van der Waals surface area contributed by atoms with Crippen LogP contribution in [0.3, 0.4) is 0 Å². The molecule has 1 aliphatic rings. The fourth-order valence-corrected chi connectivity index (χ4v) is 4.09. The average Bonchev–Trinajstić information content (AvgIpc) is 2.72. The molecule has 7 nitrogen and oxygen atoms in total. The third-order valence-electron chi connectivity index (χ3n) is 4.89. The number of carbonyl (C=O) groups is 2. The molecule has 2 amide bonds. The van der Waals surface area contributed by atoms with Gasteiger partial charge < -0.3 is 10.2 Å². The van der Waals surface area contributed by atoms with Crippen LogP contribution in [0, 0.1) is 0 Å². The lowest BCUT2D eigenvalue weighted by Crippen LogP contribution is -2.35. The number of hydrogen-bond donors (Lipinski definition) is 1. The minimum Gasteiger partial charge on any atom is -0.348 e. The highest BCUT2D eigenvalue weighted by Crippen LogP contribution is 2.22. The first kappa shape index (κ1) is 21.0. The maximum Gasteiger partial charge on any atom is 0.251 e. The molecule has 3 rings (SSSR count). The lowest BCUT2D eigenvalue weighted by Gasteiger charge is -2.27. The van der Waals surface area contributed by atoms with E-state index >= 15 is 0 Å². The van der Waals surface area contributed by atoms with Crippen LogP contribution in [0.5, 0.6) is 0 Å². The van der Waals surface area contributed by atoms with E-state index < -0.39 is 10.0 Å². The molecule has 0 spiro atoms. The zero-order valence-electron chi connectivity index (χ0n) is 16.6. The number of piperidine rings is 1. The summed E-state index contributed by atoms with van der Waals surface area (Å²) in [6.07, 6.45) is 2.49. The quantitative estimate of drug-likeness (QED) is 0.785. The highest BCUT2D eigenvalue weighted by Gasteiger charge is 2.20. The van der Waals surface area contributed by atoms with Crippen LogP contribution < -0.4 is 10.2 Å². The molecule has 0 atom stereocenters. The van der Waals surface area contributed by atoms with Crippen LogP contribution in [0.2, 0.25) is 0 Å². The number of benzene rings is 2. The first-order chi connectivity index (χ1) is 13.8. The highest BCUT2D eigenvalue weighted by atomic mass is 32.2. The first-order valence-electron chi connectivity index (χ1n) is 9.49. The fraction of sp³-hybridized carbons (Fsp3) is 0.333. The molecule has 1 heterocycles. The number of sulfonamides is 1. The maximum absolute atomic E-state index is 12.4. The van der Waals surface area contributed by atoms with Gasteiger partial charge >= 0.3 is 0 Å². The number of nitrogens with zero attached hydrogens (tertiary/aromatic N) is 2. The van der Waals surface area contributed by atoms with Crippen molar-refractivity contribution >= 4 is 27.5 Å². The molecule has 1 saturated heterocycles. The SMILES string of the molecule is CN(C)S(=O)(=O)c1ccc(C(=O)NCc2cccc(N3CCCCC3=O)c2)cc1. The molecular weight excluding hydrogens is 390 g/mol. The van der Waals surface area contributed by atoms with Gasteiger partial charge in [0, 0.05) is 44.9 Å². The van der Waals surface area contributed by atoms with Gasteiger partial charge in [-0.05, 0) is 54.8 Å². The van der Waals surface area contributed by atoms with Gasteiger partial charge in [0.2, 0.25) is 15.9 Å². The normalized spacial score (nSPS) is 14.9. The van der Waals surface area contributed by atoms with Gasteiger partial charge in [-0.25, -0.2) is 12.7 Å². The van der Waals surface area contributed by atoms with Crippen LogP contribution in [-0.4, -0.2) is 45.2 Å². The number of nitrogens with one attached hydrogen (secondary N) is 1. The zero-order valence-corrected chi connectivity index (χ0v) is 17.4. The summed E-state index contributed by atoms with van der Waals surface area (Å²) in [6, 6.07) is 13.4. The molecule has 1 aliphatic heterocycles. The van der Waals surface area contributed by atoms with Gasteiger partial charge in [-0.3, -0.25) is 9.59 Å². The third-order valence-corrected chi connectivity index (χ3v) is 6.72. The summed E-state index contributed by atoms with van der Waals surface area (Å²) in [6.45, 7) is 1.03. The number of anilines is 1. The Hall–Kier alpha value is -2.71. The van der Waals surface area contributed by atoms with Crippen molar-refractivity contribution in [1.82, 2.24) is 9.62 Å². The Labute approximate surface area is 171 Å². The minimum atomic E-state index is -3.53. The number of hydrogen-bond acceptors (Lipinski definition) is 4. The topological polar surface area (TPSA) is 86.8 Å². The molecule has 0 bridgehead atoms. The molecule has 1 fully saturated rings. The van der Waals surface area contributed by atoms with E-state index in [1.54, 1.807) is 4.90 Å². The van der Waals surface area contributed by atoms with Crippen molar-refractivity contribution in [2.75, 3.05) is 25.5 Å². The van der Waals surface area contributed by atoms with Crippen molar-refractivity contribution in [2.24, 2.45) is 0 Å². The van der Waals surface area contributed by atoms with Gasteiger partial charge in [0.15, 0.2) is 0 Å². The van der Waals surface area contributed by atoms with E-state index in [0.29, 0.717) is 18.5 Å². The van der Waals surface area contributed by atoms with Gasteiger partial charge in [-0.1, -0.05) is 12.1 Å². The van der Waals surface area contributed by atoms with Crippen LogP contribution >= 0.6 is 0 Å². The van der Waals surface area contributed by atoms with Crippen LogP contribution in [0.25, 0.3) is 0 Å². The standard InChI is InChI=1S/C21H25N3O4S/c1-23(2)29(27,28)19-11-9-17(10-12-19)21(26)22-15-16-6-5-7-18(14-16)24-13-4-3-8-20(24)25/h5-7,9-12,14H,3-4,8,13,15H2,1-2H3,(H,22,26). The Morgan fingerprint density at radius 3 is 2.48 bits per heavy atom. The van der Waals surface area contributed by atoms with Crippen molar-refractivity contribution in [3.8, 4) is 0 Å². The Morgan fingerprint density at radius 1 is 1.10 bits per heavy atom. The summed E-state index contributed by atoms with van der Waals surface area (Å²) >= 11 is 0. The van der Waals surface area contributed by atoms with Crippen molar-refractivity contribution in [3.63, 3.8) is 0 Å². The lowest BCUT2D eigenvalue weighted by molar-refractivity contribution is -0.119. The molecule has 0 aromatic heterocycles. The van der Waals surface area contributed by atoms with Crippen LogP contribution in [0.1, 0.15) is 35.2 Å². The molecule has 1 N–H and O–H groups in total. The van der Waals surface area contributed by atoms with E-state index in [9.17, 15) is 18.0 Å². The number of rotatable bonds is 6. The lowest BCUT2D eigenvalue weighted by atomic mass is 10.1. The molecule has 2 aromatic rings. The summed E-state index contributed by atoms with van der Waals surface area (Å²) in [5.41, 5.74) is 2.12. The number of carbonyl (C=O) groups excluding carboxylic acids is 2. The maximum atomic E-state index is 12.4. The molecule has 154 valence electrons. The Bertz CT molecular complexity index is 1000. The summed E-state index contributed by atoms with van der Waals surface area (Å²) in [5, 5.41) is 2.84. The predicted octanol–water partition coefficient (Wildman–Crippen LogP) is 2.38. The summed E-state index contributed by atoms with van der Waals surface area (Å²) in [4.78, 5) is 26.5. The largest absolute Gasteiger partial charge is 0.348 e. The highest BCUT2D eigenvalue weighted by molar-refractivity contribution is 7.89. The van der Waals surface area contributed by atoms with Gasteiger partial charge in [-0.15, -0.1) is 0 Å². The Morgan fingerprint density at radius 2 is 1.83 bits per heavy atom. The van der Waals surface area contributed by atoms with E-state index in [2.05, 4.69) is 5.32 Å². The summed E-state index contributed by atoms with van der Waals surface area (Å²) in [7, 11) is -0.606. The van der Waals surface area contributed by atoms with Crippen LogP contribution in [0.15, 0.2) is 53.4 Å². The Kier molecular flexibility index (Phi) is 6.34. The van der Waals surface area contributed by atoms with Crippen LogP contribution in [0.4, 0.5) is 5.69 Å². The third kappa shape index (κ3) is 4.83. The van der Waals surface area contributed by atoms with Crippen molar-refractivity contribution < 1.29 is 18.0 Å². The predicted molar refractivity (Wildman–Crippen MR) is 111 cm³/mol. The molecule has 2 aromatic carbocycles. The van der Waals surface area contributed by atoms with E-state index in [1.165, 1.54) is 38.4 Å². The van der Waals surface area contributed by atoms with Gasteiger partial charge in [-0.2, -0.15) is 0 Å². The van der Waals surface area contributed by atoms with Crippen LogP contribution in [-0.2, 0) is 21.4 Å². The summed E-state index contributed by atoms with van der Waals surface area (Å²) in [5.74, 6) is -0.163. The van der Waals surface area contributed by atoms with E-state index in [1.807, 2.05) is 24.3 Å². The summed E-state index contributed by atoms with van der Waals surface area (Å²) < 4.78 is 25.3. The second kappa shape index (κ2) is 8.75. The molecule has 29 heavy (non-hydrogen) atoms. The average molecular weight is 416 g/mol. The molecule has 0 saturated carbocycles. The van der Waals surface area contributed by atoms with Crippen molar-refractivity contribution in [3.05, 3.63) is 59.7 Å². The second-order valence-electron chi connectivity index (χ2n) is 7.17. The van der Waals surface area contributed by atoms with Crippen molar-refractivity contribution in [1.29, 1.82) is 0 Å². The second-order valence-corrected chi connectivity index (χ2v) is 9.32. The van der Waals surface area contributed by atoms with Crippen molar-refractivity contribution in [2.45, 2.75) is 30.7 Å². The van der Waals surface area contributed by atoms with Gasteiger partial charge in [0.1, 0.15) is 0 Å². The van der Waals surface area contributed by atoms with E-state index in [4.69, 9.17) is 0 Å². The number of amides is 2. The van der Waals surface area contributed by atoms with E-state index in [0.717, 1.165) is 34.9 Å². The molecule has 0 radical (unpaired) electrons. The first-order valence-corrected chi connectivity index (χ1v) is 10.9. The minimum absolute atomic E-state index is 0.130. The molecular formula is C21H25N3O4S. The van der Waals surface area contributed by atoms with E-state index in [-0.39, 0.29) is 16.7 Å². The fourth-order valence-electron chi connectivity index (χ4n) is 3.19. The molecule has 0 aliphatic carbocycles. The molecule has 8 heteroatoms.